The lowest BCUT2D eigenvalue weighted by Crippen LogP contribution is -2.62. The van der Waals surface area contributed by atoms with Crippen LogP contribution in [0.15, 0.2) is 176 Å². The van der Waals surface area contributed by atoms with Crippen LogP contribution in [0.1, 0.15) is 61.3 Å². The monoisotopic (exact) mass is 1030 g/mol. The van der Waals surface area contributed by atoms with Gasteiger partial charge in [0.2, 0.25) is 12.5 Å². The van der Waals surface area contributed by atoms with Crippen molar-refractivity contribution in [2.24, 2.45) is 11.8 Å². The molecule has 76 heavy (non-hydrogen) atoms. The minimum absolute atomic E-state index is 0.00302. The van der Waals surface area contributed by atoms with Gasteiger partial charge in [-0.3, -0.25) is 4.79 Å². The molecule has 0 spiro atoms. The normalized spacial score (nSPS) is 23.2. The number of carbonyl (C=O) groups is 2. The Morgan fingerprint density at radius 1 is 0.566 bits per heavy atom. The zero-order valence-electron chi connectivity index (χ0n) is 42.1. The van der Waals surface area contributed by atoms with Crippen LogP contribution in [0.4, 0.5) is 0 Å². The molecule has 4 aliphatic rings. The first-order valence-corrected chi connectivity index (χ1v) is 25.4. The molecule has 0 aromatic heterocycles. The van der Waals surface area contributed by atoms with Crippen LogP contribution in [0, 0.1) is 11.8 Å². The summed E-state index contributed by atoms with van der Waals surface area (Å²) >= 11 is 0. The second-order valence-electron chi connectivity index (χ2n) is 19.0. The highest BCUT2D eigenvalue weighted by atomic mass is 16.7. The molecule has 2 fully saturated rings. The van der Waals surface area contributed by atoms with Crippen molar-refractivity contribution in [2.45, 2.75) is 69.2 Å². The number of methoxy groups -OCH3 is 2. The summed E-state index contributed by atoms with van der Waals surface area (Å²) in [6, 6.07) is 55.7. The van der Waals surface area contributed by atoms with E-state index in [9.17, 15) is 9.59 Å². The SMILES string of the molecule is COc1cc([C@@H]2c3cc4c(cc3[C@@H](O[C@@H]3O[C@H](COCc5ccccc5)[C@@H](OCc5ccccc5)[C@H](OCc5ccccc5)[C@H]3OCc3ccccc3)[C@H]3COC(=O)[C@H]23)OCO4)cc(OC)c1OC(=O)c1ccccc1. The van der Waals surface area contributed by atoms with E-state index in [2.05, 4.69) is 0 Å². The first-order valence-electron chi connectivity index (χ1n) is 25.4. The summed E-state index contributed by atoms with van der Waals surface area (Å²) in [7, 11) is 2.96. The third-order valence-corrected chi connectivity index (χ3v) is 14.3. The molecule has 7 aromatic carbocycles. The van der Waals surface area contributed by atoms with Gasteiger partial charge in [0.25, 0.3) is 0 Å². The van der Waals surface area contributed by atoms with Crippen molar-refractivity contribution in [2.75, 3.05) is 34.2 Å². The average molecular weight is 1030 g/mol. The lowest BCUT2D eigenvalue weighted by Gasteiger charge is -2.48. The highest BCUT2D eigenvalue weighted by Gasteiger charge is 2.56. The first-order chi connectivity index (χ1) is 37.4. The van der Waals surface area contributed by atoms with Gasteiger partial charge in [0.05, 0.1) is 71.4 Å². The fourth-order valence-electron chi connectivity index (χ4n) is 10.6. The molecule has 9 atom stereocenters. The van der Waals surface area contributed by atoms with Crippen LogP contribution in [0.5, 0.6) is 28.7 Å². The molecule has 2 saturated heterocycles. The molecular weight excluding hydrogens is 969 g/mol. The number of carbonyl (C=O) groups excluding carboxylic acids is 2. The van der Waals surface area contributed by atoms with E-state index in [-0.39, 0.29) is 57.1 Å². The van der Waals surface area contributed by atoms with Gasteiger partial charge in [-0.15, -0.1) is 0 Å². The Labute approximate surface area is 441 Å². The van der Waals surface area contributed by atoms with Crippen molar-refractivity contribution in [3.8, 4) is 28.7 Å². The lowest BCUT2D eigenvalue weighted by atomic mass is 9.66. The first kappa shape index (κ1) is 50.6. The van der Waals surface area contributed by atoms with E-state index in [0.29, 0.717) is 34.8 Å². The quantitative estimate of drug-likeness (QED) is 0.0527. The number of benzene rings is 7. The fourth-order valence-corrected chi connectivity index (χ4v) is 10.6. The standard InChI is InChI=1S/C62H58O14/c1-65-50-28-44(29-51(66-2)56(50)75-60(63)43-26-16-7-17-27-43)53-45-30-48-49(73-38-72-48)31-46(45)55(47-36-71-61(64)54(47)53)76-62-59(70-35-42-24-14-6-15-25-42)58(69-34-41-22-12-5-13-23-41)57(68-33-40-20-10-4-11-21-40)52(74-62)37-67-32-39-18-8-3-9-19-39/h3-31,47,52-55,57-59,62H,32-38H2,1-2H3/t47-,52+,53+,54-,55+,57+,58-,59+,62-/m0/s1. The van der Waals surface area contributed by atoms with E-state index < -0.39 is 66.5 Å². The molecule has 14 heteroatoms. The Bertz CT molecular complexity index is 3030. The number of hydrogen-bond acceptors (Lipinski definition) is 14. The molecule has 390 valence electrons. The van der Waals surface area contributed by atoms with Gasteiger partial charge < -0.3 is 56.8 Å². The molecule has 0 N–H and O–H groups in total. The van der Waals surface area contributed by atoms with Crippen LogP contribution in [0.3, 0.4) is 0 Å². The molecule has 14 nitrogen and oxygen atoms in total. The molecule has 0 saturated carbocycles. The second-order valence-corrected chi connectivity index (χ2v) is 19.0. The molecule has 0 radical (unpaired) electrons. The topological polar surface area (TPSA) is 145 Å². The predicted molar refractivity (Wildman–Crippen MR) is 277 cm³/mol. The van der Waals surface area contributed by atoms with E-state index >= 15 is 0 Å². The maximum absolute atomic E-state index is 14.5. The summed E-state index contributed by atoms with van der Waals surface area (Å²) in [6.45, 7) is 1.14. The van der Waals surface area contributed by atoms with Gasteiger partial charge in [-0.1, -0.05) is 140 Å². The van der Waals surface area contributed by atoms with Gasteiger partial charge in [-0.05, 0) is 75.3 Å². The van der Waals surface area contributed by atoms with Crippen LogP contribution in [0.2, 0.25) is 0 Å². The molecule has 0 amide bonds. The van der Waals surface area contributed by atoms with Crippen molar-refractivity contribution in [1.82, 2.24) is 0 Å². The lowest BCUT2D eigenvalue weighted by molar-refractivity contribution is -0.341. The van der Waals surface area contributed by atoms with Gasteiger partial charge in [-0.2, -0.15) is 0 Å². The summed E-state index contributed by atoms with van der Waals surface area (Å²) in [5.41, 5.74) is 6.27. The molecule has 11 rings (SSSR count). The van der Waals surface area contributed by atoms with Crippen molar-refractivity contribution < 1.29 is 66.4 Å². The van der Waals surface area contributed by atoms with Crippen LogP contribution >= 0.6 is 0 Å². The second kappa shape index (κ2) is 23.5. The summed E-state index contributed by atoms with van der Waals surface area (Å²) in [6.07, 6.45) is -5.10. The van der Waals surface area contributed by atoms with Gasteiger partial charge in [0, 0.05) is 11.8 Å². The molecule has 0 bridgehead atoms. The number of esters is 2. The molecule has 3 heterocycles. The minimum atomic E-state index is -1.12. The zero-order chi connectivity index (χ0) is 51.8. The Hall–Kier alpha value is -7.56. The molecule has 0 unspecified atom stereocenters. The van der Waals surface area contributed by atoms with Gasteiger partial charge in [0.15, 0.2) is 29.3 Å². The number of hydrogen-bond donors (Lipinski definition) is 0. The number of ether oxygens (including phenoxy) is 12. The van der Waals surface area contributed by atoms with Crippen molar-refractivity contribution >= 4 is 11.9 Å². The highest BCUT2D eigenvalue weighted by molar-refractivity contribution is 5.91. The highest BCUT2D eigenvalue weighted by Crippen LogP contribution is 2.57. The third kappa shape index (κ3) is 11.1. The van der Waals surface area contributed by atoms with Crippen molar-refractivity contribution in [1.29, 1.82) is 0 Å². The number of cyclic esters (lactones) is 1. The van der Waals surface area contributed by atoms with Crippen molar-refractivity contribution in [3.05, 3.63) is 220 Å². The molecule has 1 aliphatic carbocycles. The summed E-state index contributed by atoms with van der Waals surface area (Å²) < 4.78 is 78.1. The Morgan fingerprint density at radius 3 is 1.62 bits per heavy atom. The third-order valence-electron chi connectivity index (χ3n) is 14.3. The maximum atomic E-state index is 14.5. The van der Waals surface area contributed by atoms with E-state index in [1.54, 1.807) is 36.4 Å². The van der Waals surface area contributed by atoms with E-state index in [1.165, 1.54) is 14.2 Å². The fraction of sp³-hybridized carbons (Fsp3) is 0.290. The van der Waals surface area contributed by atoms with Crippen LogP contribution in [-0.4, -0.2) is 76.9 Å². The van der Waals surface area contributed by atoms with Gasteiger partial charge >= 0.3 is 11.9 Å². The van der Waals surface area contributed by atoms with Crippen LogP contribution in [-0.2, 0) is 64.4 Å². The summed E-state index contributed by atoms with van der Waals surface area (Å²) in [5.74, 6) is -1.48. The van der Waals surface area contributed by atoms with Crippen LogP contribution < -0.4 is 23.7 Å². The average Bonchev–Trinajstić information content (AvgIpc) is 4.11. The van der Waals surface area contributed by atoms with Crippen LogP contribution in [0.25, 0.3) is 0 Å². The Kier molecular flexibility index (Phi) is 15.7. The van der Waals surface area contributed by atoms with E-state index in [1.807, 2.05) is 140 Å². The molecular formula is C62H58O14. The maximum Gasteiger partial charge on any atom is 0.343 e. The molecule has 7 aromatic rings. The zero-order valence-corrected chi connectivity index (χ0v) is 42.1. The van der Waals surface area contributed by atoms with Gasteiger partial charge in [-0.25, -0.2) is 4.79 Å². The largest absolute Gasteiger partial charge is 0.493 e. The smallest absolute Gasteiger partial charge is 0.343 e. The summed E-state index contributed by atoms with van der Waals surface area (Å²) in [5, 5.41) is 0. The minimum Gasteiger partial charge on any atom is -0.493 e. The van der Waals surface area contributed by atoms with E-state index in [4.69, 9.17) is 56.8 Å². The Balaban J connectivity index is 0.998. The summed E-state index contributed by atoms with van der Waals surface area (Å²) in [4.78, 5) is 27.9. The van der Waals surface area contributed by atoms with Crippen molar-refractivity contribution in [3.63, 3.8) is 0 Å². The number of rotatable bonds is 20. The number of fused-ring (bicyclic) bond motifs is 3. The Morgan fingerprint density at radius 2 is 1.07 bits per heavy atom. The van der Waals surface area contributed by atoms with E-state index in [0.717, 1.165) is 27.8 Å². The molecule has 3 aliphatic heterocycles. The predicted octanol–water partition coefficient (Wildman–Crippen LogP) is 10.3. The van der Waals surface area contributed by atoms with Gasteiger partial charge in [0.1, 0.15) is 24.4 Å².